The van der Waals surface area contributed by atoms with E-state index >= 15 is 0 Å². The molecular weight excluding hydrogens is 957 g/mol. The van der Waals surface area contributed by atoms with E-state index in [1.807, 2.05) is 0 Å². The second kappa shape index (κ2) is 16.3. The molecule has 17 rings (SSSR count). The second-order valence-electron chi connectivity index (χ2n) is 22.3. The van der Waals surface area contributed by atoms with Gasteiger partial charge in [-0.1, -0.05) is 214 Å². The molecule has 1 aromatic heterocycles. The maximum atomic E-state index is 6.98. The quantitative estimate of drug-likeness (QED) is 0.175. The normalized spacial score (nSPS) is 15.3. The highest BCUT2D eigenvalue weighted by molar-refractivity contribution is 6.13. The molecule has 0 saturated carbocycles. The number of fused-ring (bicyclic) bond motifs is 24. The summed E-state index contributed by atoms with van der Waals surface area (Å²) in [6.45, 7) is 4.77. The first-order valence-corrected chi connectivity index (χ1v) is 27.6. The predicted molar refractivity (Wildman–Crippen MR) is 327 cm³/mol. The minimum absolute atomic E-state index is 0.207. The number of para-hydroxylation sites is 3. The third-order valence-electron chi connectivity index (χ3n) is 18.0. The van der Waals surface area contributed by atoms with E-state index in [0.29, 0.717) is 0 Å². The standard InChI is InChI=1S/C76H50N2O/c1-75(2)64-31-15-10-27-56(64)57-39-36-50(46-69(57)75)77(49-38-43-71-63(45-49)54-25-9-7-23-52(54)58-28-13-18-34-70(58)78(71)47-20-4-3-5-21-47)48-37-41-67-62(44-48)53-24-8-6-22-51(53)55-26-11-16-32-65(55)76(67)66-33-17-12-30-61(66)73-68(76)42-40-60-59-29-14-19-35-72(59)79-74(60)73/h3-46H,1-2H3. The van der Waals surface area contributed by atoms with E-state index < -0.39 is 5.41 Å². The molecule has 12 aromatic carbocycles. The van der Waals surface area contributed by atoms with Crippen LogP contribution in [0.2, 0.25) is 0 Å². The van der Waals surface area contributed by atoms with Gasteiger partial charge in [0.25, 0.3) is 0 Å². The van der Waals surface area contributed by atoms with Crippen molar-refractivity contribution in [2.75, 3.05) is 9.80 Å². The lowest BCUT2D eigenvalue weighted by Crippen LogP contribution is -2.29. The fourth-order valence-corrected chi connectivity index (χ4v) is 14.7. The van der Waals surface area contributed by atoms with E-state index in [4.69, 9.17) is 4.42 Å². The number of hydrogen-bond acceptors (Lipinski definition) is 3. The predicted octanol–water partition coefficient (Wildman–Crippen LogP) is 20.5. The van der Waals surface area contributed by atoms with Crippen molar-refractivity contribution in [3.8, 4) is 66.8 Å². The lowest BCUT2D eigenvalue weighted by atomic mass is 9.66. The summed E-state index contributed by atoms with van der Waals surface area (Å²) >= 11 is 0. The minimum Gasteiger partial charge on any atom is -0.455 e. The van der Waals surface area contributed by atoms with Crippen molar-refractivity contribution in [1.82, 2.24) is 0 Å². The molecule has 3 aliphatic carbocycles. The third-order valence-corrected chi connectivity index (χ3v) is 18.0. The molecule has 3 heteroatoms. The number of anilines is 6. The van der Waals surface area contributed by atoms with E-state index in [1.54, 1.807) is 0 Å². The summed E-state index contributed by atoms with van der Waals surface area (Å²) in [6, 6.07) is 99.8. The molecule has 3 nitrogen and oxygen atoms in total. The van der Waals surface area contributed by atoms with Crippen LogP contribution < -0.4 is 9.80 Å². The summed E-state index contributed by atoms with van der Waals surface area (Å²) < 4.78 is 6.98. The van der Waals surface area contributed by atoms with Crippen LogP contribution in [0.3, 0.4) is 0 Å². The Bertz CT molecular complexity index is 4730. The maximum absolute atomic E-state index is 6.98. The Kier molecular flexibility index (Phi) is 9.11. The van der Waals surface area contributed by atoms with E-state index in [9.17, 15) is 0 Å². The Balaban J connectivity index is 0.955. The van der Waals surface area contributed by atoms with Gasteiger partial charge in [-0.3, -0.25) is 0 Å². The largest absolute Gasteiger partial charge is 0.455 e. The molecule has 2 heterocycles. The number of furan rings is 1. The van der Waals surface area contributed by atoms with Crippen LogP contribution in [0.4, 0.5) is 34.1 Å². The maximum Gasteiger partial charge on any atom is 0.143 e. The number of nitrogens with zero attached hydrogens (tertiary/aromatic N) is 2. The van der Waals surface area contributed by atoms with Crippen molar-refractivity contribution in [3.63, 3.8) is 0 Å². The average Bonchev–Trinajstić information content (AvgIpc) is 4.27. The van der Waals surface area contributed by atoms with Crippen molar-refractivity contribution >= 4 is 56.1 Å². The van der Waals surface area contributed by atoms with Gasteiger partial charge in [0.1, 0.15) is 11.2 Å². The average molecular weight is 1010 g/mol. The van der Waals surface area contributed by atoms with E-state index in [2.05, 4.69) is 291 Å². The lowest BCUT2D eigenvalue weighted by Gasteiger charge is -2.36. The van der Waals surface area contributed by atoms with Crippen molar-refractivity contribution in [2.24, 2.45) is 0 Å². The van der Waals surface area contributed by atoms with Gasteiger partial charge in [0, 0.05) is 55.6 Å². The molecule has 13 aromatic rings. The molecule has 370 valence electrons. The van der Waals surface area contributed by atoms with Gasteiger partial charge in [-0.15, -0.1) is 0 Å². The van der Waals surface area contributed by atoms with Crippen molar-refractivity contribution in [3.05, 3.63) is 300 Å². The molecule has 0 amide bonds. The third kappa shape index (κ3) is 5.97. The van der Waals surface area contributed by atoms with Gasteiger partial charge in [-0.2, -0.15) is 0 Å². The summed E-state index contributed by atoms with van der Waals surface area (Å²) in [5.41, 5.74) is 29.9. The fraction of sp³-hybridized carbons (Fsp3) is 0.0526. The summed E-state index contributed by atoms with van der Waals surface area (Å²) in [7, 11) is 0. The highest BCUT2D eigenvalue weighted by Crippen LogP contribution is 2.64. The molecule has 0 saturated heterocycles. The molecule has 4 aliphatic rings. The van der Waals surface area contributed by atoms with Crippen LogP contribution in [-0.2, 0) is 10.8 Å². The highest BCUT2D eigenvalue weighted by Gasteiger charge is 2.51. The van der Waals surface area contributed by atoms with E-state index in [0.717, 1.165) is 61.6 Å². The van der Waals surface area contributed by atoms with Gasteiger partial charge < -0.3 is 14.2 Å². The van der Waals surface area contributed by atoms with Crippen LogP contribution in [0.1, 0.15) is 47.2 Å². The Morgan fingerprint density at radius 1 is 0.316 bits per heavy atom. The smallest absolute Gasteiger partial charge is 0.143 e. The van der Waals surface area contributed by atoms with Crippen LogP contribution in [0, 0.1) is 0 Å². The Morgan fingerprint density at radius 2 is 0.797 bits per heavy atom. The highest BCUT2D eigenvalue weighted by atomic mass is 16.3. The van der Waals surface area contributed by atoms with Gasteiger partial charge in [0.05, 0.1) is 16.8 Å². The second-order valence-corrected chi connectivity index (χ2v) is 22.3. The first-order valence-electron chi connectivity index (χ1n) is 27.6. The van der Waals surface area contributed by atoms with Crippen LogP contribution in [-0.4, -0.2) is 0 Å². The number of hydrogen-bond donors (Lipinski definition) is 0. The minimum atomic E-state index is -0.694. The fourth-order valence-electron chi connectivity index (χ4n) is 14.7. The summed E-state index contributed by atoms with van der Waals surface area (Å²) in [4.78, 5) is 4.97. The molecule has 1 aliphatic heterocycles. The molecule has 1 unspecified atom stereocenters. The summed E-state index contributed by atoms with van der Waals surface area (Å²) in [5, 5.41) is 2.27. The van der Waals surface area contributed by atoms with Gasteiger partial charge in [-0.25, -0.2) is 0 Å². The van der Waals surface area contributed by atoms with Crippen molar-refractivity contribution < 1.29 is 4.42 Å². The van der Waals surface area contributed by atoms with Crippen LogP contribution in [0.25, 0.3) is 88.7 Å². The van der Waals surface area contributed by atoms with Gasteiger partial charge in [0.2, 0.25) is 0 Å². The molecule has 79 heavy (non-hydrogen) atoms. The zero-order chi connectivity index (χ0) is 52.1. The molecule has 0 bridgehead atoms. The molecule has 0 N–H and O–H groups in total. The van der Waals surface area contributed by atoms with Crippen LogP contribution >= 0.6 is 0 Å². The van der Waals surface area contributed by atoms with E-state index in [1.165, 1.54) is 94.6 Å². The molecule has 1 spiro atoms. The molecule has 0 radical (unpaired) electrons. The Labute approximate surface area is 459 Å². The van der Waals surface area contributed by atoms with Gasteiger partial charge in [0.15, 0.2) is 0 Å². The van der Waals surface area contributed by atoms with Crippen molar-refractivity contribution in [1.29, 1.82) is 0 Å². The van der Waals surface area contributed by atoms with E-state index in [-0.39, 0.29) is 5.41 Å². The Morgan fingerprint density at radius 3 is 1.56 bits per heavy atom. The van der Waals surface area contributed by atoms with Crippen LogP contribution in [0.15, 0.2) is 271 Å². The SMILES string of the molecule is CC1(C)c2ccccc2-c2ccc(N(c3ccc4c(c3)-c3ccccc3-c3ccccc3N4c3ccccc3)c3ccc4c(c3)-c3ccccc3-c3ccccc3C43c4ccccc4-c4c3ccc3c4oc4ccccc43)cc21. The topological polar surface area (TPSA) is 19.6 Å². The van der Waals surface area contributed by atoms with Crippen LogP contribution in [0.5, 0.6) is 0 Å². The first kappa shape index (κ1) is 44.2. The zero-order valence-electron chi connectivity index (χ0n) is 43.7. The molecule has 0 fully saturated rings. The van der Waals surface area contributed by atoms with Gasteiger partial charge >= 0.3 is 0 Å². The lowest BCUT2D eigenvalue weighted by molar-refractivity contribution is 0.660. The summed E-state index contributed by atoms with van der Waals surface area (Å²) in [5.74, 6) is 0. The molecule has 1 atom stereocenters. The summed E-state index contributed by atoms with van der Waals surface area (Å²) in [6.07, 6.45) is 0. The zero-order valence-corrected chi connectivity index (χ0v) is 43.7. The molecular formula is C76H50N2O. The number of rotatable bonds is 4. The van der Waals surface area contributed by atoms with Crippen molar-refractivity contribution in [2.45, 2.75) is 24.7 Å². The number of benzene rings is 12. The Hall–Kier alpha value is -9.96. The first-order chi connectivity index (χ1) is 39.0. The van der Waals surface area contributed by atoms with Gasteiger partial charge in [-0.05, 0) is 150 Å². The monoisotopic (exact) mass is 1010 g/mol.